The first-order chi connectivity index (χ1) is 8.79. The molecule has 1 aliphatic carbocycles. The molecule has 0 aromatic rings. The maximum absolute atomic E-state index is 12.2. The summed E-state index contributed by atoms with van der Waals surface area (Å²) < 4.78 is 0. The first-order valence-corrected chi connectivity index (χ1v) is 7.72. The number of carbonyl (C=O) groups excluding carboxylic acids is 1. The number of carbonyl (C=O) groups is 1. The van der Waals surface area contributed by atoms with E-state index in [4.69, 9.17) is 0 Å². The Kier molecular flexibility index (Phi) is 7.77. The minimum Gasteiger partial charge on any atom is -0.343 e. The molecule has 1 heterocycles. The van der Waals surface area contributed by atoms with Gasteiger partial charge in [-0.25, -0.2) is 0 Å². The number of hydrogen-bond acceptors (Lipinski definition) is 2. The summed E-state index contributed by atoms with van der Waals surface area (Å²) in [6.07, 6.45) is 9.78. The molecule has 0 radical (unpaired) electrons. The molecule has 0 unspecified atom stereocenters. The zero-order valence-corrected chi connectivity index (χ0v) is 13.0. The van der Waals surface area contributed by atoms with E-state index in [9.17, 15) is 4.79 Å². The molecule has 1 N–H and O–H groups in total. The van der Waals surface area contributed by atoms with Gasteiger partial charge in [-0.1, -0.05) is 19.3 Å². The highest BCUT2D eigenvalue weighted by molar-refractivity contribution is 5.85. The molecule has 2 aliphatic rings. The van der Waals surface area contributed by atoms with E-state index in [2.05, 4.69) is 10.2 Å². The van der Waals surface area contributed by atoms with E-state index in [0.717, 1.165) is 32.0 Å². The molecule has 1 aliphatic heterocycles. The normalized spacial score (nSPS) is 22.1. The Morgan fingerprint density at radius 3 is 2.26 bits per heavy atom. The fourth-order valence-corrected chi connectivity index (χ4v) is 3.44. The molecule has 0 bridgehead atoms. The number of halogens is 1. The predicted octanol–water partition coefficient (Wildman–Crippen LogP) is 2.84. The Hall–Kier alpha value is -0.280. The van der Waals surface area contributed by atoms with Gasteiger partial charge in [0.05, 0.1) is 0 Å². The summed E-state index contributed by atoms with van der Waals surface area (Å²) in [4.78, 5) is 14.4. The monoisotopic (exact) mass is 288 g/mol. The average molecular weight is 289 g/mol. The van der Waals surface area contributed by atoms with Gasteiger partial charge in [-0.2, -0.15) is 0 Å². The summed E-state index contributed by atoms with van der Waals surface area (Å²) in [7, 11) is 2.01. The molecular weight excluding hydrogens is 260 g/mol. The van der Waals surface area contributed by atoms with Gasteiger partial charge in [-0.05, 0) is 51.1 Å². The van der Waals surface area contributed by atoms with Crippen molar-refractivity contribution < 1.29 is 4.79 Å². The van der Waals surface area contributed by atoms with Crippen LogP contribution in [-0.4, -0.2) is 37.5 Å². The molecule has 3 nitrogen and oxygen atoms in total. The van der Waals surface area contributed by atoms with Gasteiger partial charge in [0.1, 0.15) is 0 Å². The van der Waals surface area contributed by atoms with Crippen molar-refractivity contribution in [3.63, 3.8) is 0 Å². The fraction of sp³-hybridized carbons (Fsp3) is 0.933. The average Bonchev–Trinajstić information content (AvgIpc) is 2.41. The van der Waals surface area contributed by atoms with Crippen molar-refractivity contribution in [1.82, 2.24) is 10.2 Å². The van der Waals surface area contributed by atoms with Gasteiger partial charge >= 0.3 is 0 Å². The first kappa shape index (κ1) is 16.8. The number of likely N-dealkylation sites (tertiary alicyclic amines) is 1. The fourth-order valence-electron chi connectivity index (χ4n) is 3.44. The van der Waals surface area contributed by atoms with E-state index in [-0.39, 0.29) is 12.4 Å². The van der Waals surface area contributed by atoms with Crippen LogP contribution < -0.4 is 5.32 Å². The maximum atomic E-state index is 12.2. The van der Waals surface area contributed by atoms with Crippen LogP contribution in [0, 0.1) is 11.8 Å². The zero-order valence-electron chi connectivity index (χ0n) is 12.2. The lowest BCUT2D eigenvalue weighted by molar-refractivity contribution is -0.133. The van der Waals surface area contributed by atoms with Gasteiger partial charge in [0.25, 0.3) is 0 Å². The molecule has 112 valence electrons. The number of nitrogens with one attached hydrogen (secondary N) is 1. The summed E-state index contributed by atoms with van der Waals surface area (Å²) in [5.74, 6) is 1.87. The van der Waals surface area contributed by atoms with E-state index >= 15 is 0 Å². The largest absolute Gasteiger partial charge is 0.343 e. The molecule has 2 rings (SSSR count). The molecule has 2 fully saturated rings. The van der Waals surface area contributed by atoms with Crippen molar-refractivity contribution in [2.24, 2.45) is 11.8 Å². The van der Waals surface area contributed by atoms with Crippen molar-refractivity contribution >= 4 is 18.3 Å². The van der Waals surface area contributed by atoms with Crippen LogP contribution in [0.25, 0.3) is 0 Å². The number of piperidine rings is 1. The van der Waals surface area contributed by atoms with E-state index in [1.54, 1.807) is 0 Å². The molecule has 19 heavy (non-hydrogen) atoms. The summed E-state index contributed by atoms with van der Waals surface area (Å²) in [6.45, 7) is 3.07. The lowest BCUT2D eigenvalue weighted by Gasteiger charge is -2.33. The van der Waals surface area contributed by atoms with Gasteiger partial charge in [0, 0.05) is 19.5 Å². The van der Waals surface area contributed by atoms with Crippen LogP contribution in [0.4, 0.5) is 0 Å². The highest BCUT2D eigenvalue weighted by Crippen LogP contribution is 2.27. The number of amides is 1. The Bertz CT molecular complexity index is 259. The van der Waals surface area contributed by atoms with Gasteiger partial charge in [0.15, 0.2) is 0 Å². The van der Waals surface area contributed by atoms with Gasteiger partial charge in [0.2, 0.25) is 5.91 Å². The van der Waals surface area contributed by atoms with Gasteiger partial charge in [-0.3, -0.25) is 4.79 Å². The summed E-state index contributed by atoms with van der Waals surface area (Å²) in [5, 5.41) is 3.24. The van der Waals surface area contributed by atoms with Crippen LogP contribution in [0.2, 0.25) is 0 Å². The lowest BCUT2D eigenvalue weighted by atomic mass is 9.86. The van der Waals surface area contributed by atoms with E-state index in [1.807, 2.05) is 7.05 Å². The topological polar surface area (TPSA) is 32.3 Å². The standard InChI is InChI=1S/C15H28N2O.ClH/c1-16-12-14-7-9-17(10-8-14)15(18)11-13-5-3-2-4-6-13;/h13-14,16H,2-12H2,1H3;1H. The van der Waals surface area contributed by atoms with Crippen molar-refractivity contribution in [2.75, 3.05) is 26.7 Å². The highest BCUT2D eigenvalue weighted by atomic mass is 35.5. The smallest absolute Gasteiger partial charge is 0.222 e. The van der Waals surface area contributed by atoms with Crippen LogP contribution in [0.1, 0.15) is 51.4 Å². The molecule has 0 spiro atoms. The minimum absolute atomic E-state index is 0. The molecule has 1 amide bonds. The second-order valence-corrected chi connectivity index (χ2v) is 6.09. The molecule has 0 aromatic carbocycles. The van der Waals surface area contributed by atoms with E-state index < -0.39 is 0 Å². The second kappa shape index (κ2) is 8.80. The number of rotatable bonds is 4. The number of nitrogens with zero attached hydrogens (tertiary/aromatic N) is 1. The Morgan fingerprint density at radius 2 is 1.68 bits per heavy atom. The van der Waals surface area contributed by atoms with E-state index in [1.165, 1.54) is 44.9 Å². The maximum Gasteiger partial charge on any atom is 0.222 e. The van der Waals surface area contributed by atoms with Crippen LogP contribution in [0.5, 0.6) is 0 Å². The Morgan fingerprint density at radius 1 is 1.05 bits per heavy atom. The van der Waals surface area contributed by atoms with Crippen molar-refractivity contribution in [3.05, 3.63) is 0 Å². The third-order valence-electron chi connectivity index (χ3n) is 4.65. The van der Waals surface area contributed by atoms with E-state index in [0.29, 0.717) is 11.8 Å². The molecular formula is C15H29ClN2O. The van der Waals surface area contributed by atoms with Crippen molar-refractivity contribution in [2.45, 2.75) is 51.4 Å². The molecule has 1 saturated heterocycles. The van der Waals surface area contributed by atoms with Gasteiger partial charge < -0.3 is 10.2 Å². The van der Waals surface area contributed by atoms with Crippen molar-refractivity contribution in [3.8, 4) is 0 Å². The molecule has 1 saturated carbocycles. The van der Waals surface area contributed by atoms with Crippen LogP contribution in [0.15, 0.2) is 0 Å². The van der Waals surface area contributed by atoms with Crippen LogP contribution >= 0.6 is 12.4 Å². The van der Waals surface area contributed by atoms with Crippen LogP contribution in [-0.2, 0) is 4.79 Å². The predicted molar refractivity (Wildman–Crippen MR) is 81.7 cm³/mol. The highest BCUT2D eigenvalue weighted by Gasteiger charge is 2.24. The molecule has 0 atom stereocenters. The Labute approximate surface area is 123 Å². The summed E-state index contributed by atoms with van der Waals surface area (Å²) in [6, 6.07) is 0. The molecule has 4 heteroatoms. The second-order valence-electron chi connectivity index (χ2n) is 6.09. The quantitative estimate of drug-likeness (QED) is 0.863. The third kappa shape index (κ3) is 5.31. The van der Waals surface area contributed by atoms with Crippen LogP contribution in [0.3, 0.4) is 0 Å². The Balaban J connectivity index is 0.00000180. The van der Waals surface area contributed by atoms with Crippen molar-refractivity contribution in [1.29, 1.82) is 0 Å². The van der Waals surface area contributed by atoms with Gasteiger partial charge in [-0.15, -0.1) is 12.4 Å². The summed E-state index contributed by atoms with van der Waals surface area (Å²) >= 11 is 0. The SMILES string of the molecule is CNCC1CCN(C(=O)CC2CCCCC2)CC1.Cl. The first-order valence-electron chi connectivity index (χ1n) is 7.72. The summed E-state index contributed by atoms with van der Waals surface area (Å²) in [5.41, 5.74) is 0. The zero-order chi connectivity index (χ0) is 12.8. The molecule has 0 aromatic heterocycles. The lowest BCUT2D eigenvalue weighted by Crippen LogP contribution is -2.41. The third-order valence-corrected chi connectivity index (χ3v) is 4.65. The number of hydrogen-bond donors (Lipinski definition) is 1. The minimum atomic E-state index is 0.